The van der Waals surface area contributed by atoms with Crippen molar-refractivity contribution in [3.05, 3.63) is 53.0 Å². The van der Waals surface area contributed by atoms with Crippen LogP contribution in [0.2, 0.25) is 0 Å². The summed E-state index contributed by atoms with van der Waals surface area (Å²) in [6.07, 6.45) is 0. The number of halogens is 2. The number of fused-ring (bicyclic) bond motifs is 1. The van der Waals surface area contributed by atoms with E-state index < -0.39 is 6.61 Å². The lowest BCUT2D eigenvalue weighted by Gasteiger charge is -2.07. The number of amides is 1. The lowest BCUT2D eigenvalue weighted by atomic mass is 10.2. The standard InChI is InChI=1S/C16H12F2N2O2S/c1-9-19-13-7-4-11(8-14(13)23-9)20-15(21)10-2-5-12(6-3-10)22-16(17)18/h2-8,16H,1H3,(H,20,21). The number of thiazole rings is 1. The van der Waals surface area contributed by atoms with Gasteiger partial charge in [0.15, 0.2) is 0 Å². The molecule has 0 aliphatic heterocycles. The van der Waals surface area contributed by atoms with Gasteiger partial charge in [0.25, 0.3) is 5.91 Å². The predicted octanol–water partition coefficient (Wildman–Crippen LogP) is 4.46. The van der Waals surface area contributed by atoms with Gasteiger partial charge < -0.3 is 10.1 Å². The van der Waals surface area contributed by atoms with Gasteiger partial charge in [-0.15, -0.1) is 11.3 Å². The molecule has 1 heterocycles. The Morgan fingerprint density at radius 1 is 1.22 bits per heavy atom. The molecule has 1 amide bonds. The number of aryl methyl sites for hydroxylation is 1. The number of hydrogen-bond donors (Lipinski definition) is 1. The van der Waals surface area contributed by atoms with Crippen LogP contribution in [0, 0.1) is 6.92 Å². The average molecular weight is 334 g/mol. The number of carbonyl (C=O) groups is 1. The molecule has 0 aliphatic rings. The molecule has 3 aromatic rings. The summed E-state index contributed by atoms with van der Waals surface area (Å²) >= 11 is 1.55. The minimum atomic E-state index is -2.88. The maximum atomic E-state index is 12.2. The summed E-state index contributed by atoms with van der Waals surface area (Å²) in [6, 6.07) is 11.0. The first kappa shape index (κ1) is 15.4. The van der Waals surface area contributed by atoms with Crippen LogP contribution in [0.15, 0.2) is 42.5 Å². The van der Waals surface area contributed by atoms with Gasteiger partial charge >= 0.3 is 6.61 Å². The number of nitrogens with zero attached hydrogens (tertiary/aromatic N) is 1. The van der Waals surface area contributed by atoms with Crippen LogP contribution in [0.1, 0.15) is 15.4 Å². The molecular weight excluding hydrogens is 322 g/mol. The summed E-state index contributed by atoms with van der Waals surface area (Å²) in [5, 5.41) is 3.73. The van der Waals surface area contributed by atoms with Crippen LogP contribution in [-0.4, -0.2) is 17.5 Å². The van der Waals surface area contributed by atoms with Crippen LogP contribution in [0.3, 0.4) is 0 Å². The van der Waals surface area contributed by atoms with E-state index in [1.54, 1.807) is 17.4 Å². The molecule has 1 N–H and O–H groups in total. The number of rotatable bonds is 4. The number of aromatic nitrogens is 1. The van der Waals surface area contributed by atoms with Gasteiger partial charge in [0.1, 0.15) is 5.75 Å². The third-order valence-electron chi connectivity index (χ3n) is 3.09. The van der Waals surface area contributed by atoms with Crippen LogP contribution < -0.4 is 10.1 Å². The third kappa shape index (κ3) is 3.62. The Hall–Kier alpha value is -2.54. The molecule has 7 heteroatoms. The summed E-state index contributed by atoms with van der Waals surface area (Å²) in [6.45, 7) is -0.962. The van der Waals surface area contributed by atoms with Gasteiger partial charge in [0.05, 0.1) is 15.2 Å². The fraction of sp³-hybridized carbons (Fsp3) is 0.125. The van der Waals surface area contributed by atoms with Crippen molar-refractivity contribution < 1.29 is 18.3 Å². The van der Waals surface area contributed by atoms with Gasteiger partial charge in [-0.1, -0.05) is 0 Å². The largest absolute Gasteiger partial charge is 0.435 e. The lowest BCUT2D eigenvalue weighted by molar-refractivity contribution is -0.0498. The Balaban J connectivity index is 1.74. The second kappa shape index (κ2) is 6.29. The maximum Gasteiger partial charge on any atom is 0.387 e. The molecule has 0 saturated carbocycles. The van der Waals surface area contributed by atoms with E-state index in [1.165, 1.54) is 24.3 Å². The second-order valence-electron chi connectivity index (χ2n) is 4.77. The molecular formula is C16H12F2N2O2S. The van der Waals surface area contributed by atoms with Crippen molar-refractivity contribution in [1.29, 1.82) is 0 Å². The van der Waals surface area contributed by atoms with Crippen LogP contribution in [0.25, 0.3) is 10.2 Å². The van der Waals surface area contributed by atoms with Gasteiger partial charge in [-0.3, -0.25) is 4.79 Å². The summed E-state index contributed by atoms with van der Waals surface area (Å²) in [7, 11) is 0. The third-order valence-corrected chi connectivity index (χ3v) is 4.03. The zero-order valence-corrected chi connectivity index (χ0v) is 12.9. The molecule has 0 aliphatic carbocycles. The van der Waals surface area contributed by atoms with Crippen molar-refractivity contribution in [3.63, 3.8) is 0 Å². The fourth-order valence-electron chi connectivity index (χ4n) is 2.11. The summed E-state index contributed by atoms with van der Waals surface area (Å²) in [5.41, 5.74) is 1.89. The van der Waals surface area contributed by atoms with Crippen molar-refractivity contribution in [2.75, 3.05) is 5.32 Å². The second-order valence-corrected chi connectivity index (χ2v) is 6.01. The molecule has 0 saturated heterocycles. The molecule has 0 radical (unpaired) electrons. The molecule has 4 nitrogen and oxygen atoms in total. The van der Waals surface area contributed by atoms with Gasteiger partial charge in [-0.2, -0.15) is 8.78 Å². The van der Waals surface area contributed by atoms with E-state index in [2.05, 4.69) is 15.0 Å². The van der Waals surface area contributed by atoms with E-state index in [9.17, 15) is 13.6 Å². The van der Waals surface area contributed by atoms with Crippen LogP contribution in [0.5, 0.6) is 5.75 Å². The molecule has 0 spiro atoms. The monoisotopic (exact) mass is 334 g/mol. The number of nitrogens with one attached hydrogen (secondary N) is 1. The first-order valence-corrected chi connectivity index (χ1v) is 7.56. The first-order valence-electron chi connectivity index (χ1n) is 6.75. The summed E-state index contributed by atoms with van der Waals surface area (Å²) in [5.74, 6) is -0.313. The number of benzene rings is 2. The Kier molecular flexibility index (Phi) is 4.20. The van der Waals surface area contributed by atoms with E-state index in [0.717, 1.165) is 15.2 Å². The molecule has 0 fully saturated rings. The zero-order valence-electron chi connectivity index (χ0n) is 12.0. The van der Waals surface area contributed by atoms with Crippen LogP contribution in [-0.2, 0) is 0 Å². The lowest BCUT2D eigenvalue weighted by Crippen LogP contribution is -2.11. The first-order chi connectivity index (χ1) is 11.0. The highest BCUT2D eigenvalue weighted by Crippen LogP contribution is 2.25. The van der Waals surface area contributed by atoms with Crippen molar-refractivity contribution >= 4 is 33.1 Å². The zero-order chi connectivity index (χ0) is 16.4. The molecule has 1 aromatic heterocycles. The summed E-state index contributed by atoms with van der Waals surface area (Å²) in [4.78, 5) is 16.5. The quantitative estimate of drug-likeness (QED) is 0.766. The highest BCUT2D eigenvalue weighted by Gasteiger charge is 2.09. The van der Waals surface area contributed by atoms with Crippen molar-refractivity contribution in [1.82, 2.24) is 4.98 Å². The van der Waals surface area contributed by atoms with E-state index in [4.69, 9.17) is 0 Å². The van der Waals surface area contributed by atoms with E-state index in [-0.39, 0.29) is 11.7 Å². The molecule has 0 atom stereocenters. The van der Waals surface area contributed by atoms with Gasteiger partial charge in [-0.25, -0.2) is 4.98 Å². The Bertz CT molecular complexity index is 847. The van der Waals surface area contributed by atoms with Crippen molar-refractivity contribution in [2.45, 2.75) is 13.5 Å². The van der Waals surface area contributed by atoms with Gasteiger partial charge in [0.2, 0.25) is 0 Å². The topological polar surface area (TPSA) is 51.2 Å². The minimum Gasteiger partial charge on any atom is -0.435 e. The van der Waals surface area contributed by atoms with E-state index in [0.29, 0.717) is 11.3 Å². The molecule has 2 aromatic carbocycles. The number of anilines is 1. The Morgan fingerprint density at radius 2 is 1.96 bits per heavy atom. The predicted molar refractivity (Wildman–Crippen MR) is 85.4 cm³/mol. The normalized spacial score (nSPS) is 11.0. The Morgan fingerprint density at radius 3 is 2.65 bits per heavy atom. The number of ether oxygens (including phenoxy) is 1. The van der Waals surface area contributed by atoms with Crippen molar-refractivity contribution in [3.8, 4) is 5.75 Å². The van der Waals surface area contributed by atoms with Crippen LogP contribution in [0.4, 0.5) is 14.5 Å². The SMILES string of the molecule is Cc1nc2ccc(NC(=O)c3ccc(OC(F)F)cc3)cc2s1. The van der Waals surface area contributed by atoms with E-state index in [1.807, 2.05) is 19.1 Å². The minimum absolute atomic E-state index is 0.0121. The fourth-order valence-corrected chi connectivity index (χ4v) is 2.97. The molecule has 23 heavy (non-hydrogen) atoms. The smallest absolute Gasteiger partial charge is 0.387 e. The average Bonchev–Trinajstić information content (AvgIpc) is 2.86. The molecule has 0 unspecified atom stereocenters. The Labute approximate surface area is 134 Å². The molecule has 118 valence electrons. The number of alkyl halides is 2. The molecule has 3 rings (SSSR count). The van der Waals surface area contributed by atoms with Gasteiger partial charge in [0, 0.05) is 11.3 Å². The molecule has 0 bridgehead atoms. The van der Waals surface area contributed by atoms with Crippen LogP contribution >= 0.6 is 11.3 Å². The highest BCUT2D eigenvalue weighted by molar-refractivity contribution is 7.18. The van der Waals surface area contributed by atoms with Crippen molar-refractivity contribution in [2.24, 2.45) is 0 Å². The summed E-state index contributed by atoms with van der Waals surface area (Å²) < 4.78 is 29.4. The van der Waals surface area contributed by atoms with E-state index >= 15 is 0 Å². The number of hydrogen-bond acceptors (Lipinski definition) is 4. The number of carbonyl (C=O) groups excluding carboxylic acids is 1. The highest BCUT2D eigenvalue weighted by atomic mass is 32.1. The maximum absolute atomic E-state index is 12.2. The van der Waals surface area contributed by atoms with Gasteiger partial charge in [-0.05, 0) is 49.4 Å².